The maximum atomic E-state index is 12.2. The second kappa shape index (κ2) is 5.68. The number of hydrogen-bond donors (Lipinski definition) is 3. The molecule has 2 aromatic heterocycles. The maximum absolute atomic E-state index is 12.2. The van der Waals surface area contributed by atoms with Gasteiger partial charge in [-0.3, -0.25) is 19.0 Å². The molecule has 0 saturated carbocycles. The van der Waals surface area contributed by atoms with E-state index in [1.165, 1.54) is 35.7 Å². The summed E-state index contributed by atoms with van der Waals surface area (Å²) in [5.41, 5.74) is 5.44. The van der Waals surface area contributed by atoms with Crippen molar-refractivity contribution in [2.75, 3.05) is 5.32 Å². The molecule has 0 bridgehead atoms. The van der Waals surface area contributed by atoms with Crippen LogP contribution in [0.15, 0.2) is 18.6 Å². The van der Waals surface area contributed by atoms with Gasteiger partial charge in [0, 0.05) is 13.2 Å². The molecular formula is C12H14N6O4. The third-order valence-electron chi connectivity index (χ3n) is 3.05. The number of primary amides is 1. The number of nitrogens with zero attached hydrogens (tertiary/aromatic N) is 4. The first kappa shape index (κ1) is 15.2. The number of aromatic nitrogens is 4. The lowest BCUT2D eigenvalue weighted by atomic mass is 10.3. The molecular weight excluding hydrogens is 292 g/mol. The van der Waals surface area contributed by atoms with E-state index in [4.69, 9.17) is 10.8 Å². The normalized spacial score (nSPS) is 11.9. The molecule has 1 atom stereocenters. The number of aromatic carboxylic acids is 1. The Morgan fingerprint density at radius 2 is 2.00 bits per heavy atom. The Labute approximate surface area is 124 Å². The minimum atomic E-state index is -1.14. The van der Waals surface area contributed by atoms with Crippen LogP contribution in [0.25, 0.3) is 0 Å². The van der Waals surface area contributed by atoms with E-state index >= 15 is 0 Å². The van der Waals surface area contributed by atoms with Gasteiger partial charge in [0.15, 0.2) is 0 Å². The summed E-state index contributed by atoms with van der Waals surface area (Å²) in [4.78, 5) is 34.3. The highest BCUT2D eigenvalue weighted by atomic mass is 16.4. The lowest BCUT2D eigenvalue weighted by molar-refractivity contribution is -0.119. The molecule has 2 rings (SSSR count). The molecule has 0 fully saturated rings. The number of anilines is 1. The van der Waals surface area contributed by atoms with Crippen molar-refractivity contribution >= 4 is 23.5 Å². The van der Waals surface area contributed by atoms with Gasteiger partial charge in [0.05, 0.1) is 23.6 Å². The predicted molar refractivity (Wildman–Crippen MR) is 74.3 cm³/mol. The monoisotopic (exact) mass is 306 g/mol. The predicted octanol–water partition coefficient (Wildman–Crippen LogP) is -0.387. The summed E-state index contributed by atoms with van der Waals surface area (Å²) in [7, 11) is 1.52. The van der Waals surface area contributed by atoms with Crippen LogP contribution in [0.2, 0.25) is 0 Å². The summed E-state index contributed by atoms with van der Waals surface area (Å²) >= 11 is 0. The van der Waals surface area contributed by atoms with E-state index in [0.717, 1.165) is 6.20 Å². The van der Waals surface area contributed by atoms with E-state index in [-0.39, 0.29) is 16.9 Å². The molecule has 116 valence electrons. The number of amides is 2. The van der Waals surface area contributed by atoms with Crippen molar-refractivity contribution in [3.05, 3.63) is 29.8 Å². The van der Waals surface area contributed by atoms with Crippen molar-refractivity contribution in [3.63, 3.8) is 0 Å². The van der Waals surface area contributed by atoms with Gasteiger partial charge < -0.3 is 16.2 Å². The number of carbonyl (C=O) groups excluding carboxylic acids is 2. The van der Waals surface area contributed by atoms with Crippen LogP contribution >= 0.6 is 0 Å². The second-order valence-electron chi connectivity index (χ2n) is 4.57. The van der Waals surface area contributed by atoms with E-state index in [1.54, 1.807) is 0 Å². The standard InChI is InChI=1S/C12H14N6O4/c1-6(18-5-7(3-15-18)12(21)22)11(20)16-8-4-14-17(2)9(8)10(13)19/h3-6H,1-2H3,(H2,13,19)(H,16,20)(H,21,22). The Hall–Kier alpha value is -3.17. The van der Waals surface area contributed by atoms with Crippen LogP contribution in [0, 0.1) is 0 Å². The molecule has 0 saturated heterocycles. The summed E-state index contributed by atoms with van der Waals surface area (Å²) in [5, 5.41) is 19.0. The first-order chi connectivity index (χ1) is 10.3. The Morgan fingerprint density at radius 1 is 1.32 bits per heavy atom. The lowest BCUT2D eigenvalue weighted by Crippen LogP contribution is -2.26. The molecule has 0 aliphatic carbocycles. The summed E-state index contributed by atoms with van der Waals surface area (Å²) in [6.07, 6.45) is 3.69. The highest BCUT2D eigenvalue weighted by molar-refractivity contribution is 6.02. The minimum Gasteiger partial charge on any atom is -0.478 e. The van der Waals surface area contributed by atoms with Crippen molar-refractivity contribution < 1.29 is 19.5 Å². The quantitative estimate of drug-likeness (QED) is 0.686. The van der Waals surface area contributed by atoms with Gasteiger partial charge in [-0.15, -0.1) is 0 Å². The summed E-state index contributed by atoms with van der Waals surface area (Å²) in [6.45, 7) is 1.54. The van der Waals surface area contributed by atoms with Gasteiger partial charge in [-0.2, -0.15) is 10.2 Å². The minimum absolute atomic E-state index is 0.0288. The fourth-order valence-corrected chi connectivity index (χ4v) is 1.84. The molecule has 2 amide bonds. The van der Waals surface area contributed by atoms with Gasteiger partial charge >= 0.3 is 5.97 Å². The largest absolute Gasteiger partial charge is 0.478 e. The van der Waals surface area contributed by atoms with Crippen molar-refractivity contribution in [2.45, 2.75) is 13.0 Å². The number of nitrogens with two attached hydrogens (primary N) is 1. The average molecular weight is 306 g/mol. The van der Waals surface area contributed by atoms with E-state index in [2.05, 4.69) is 15.5 Å². The van der Waals surface area contributed by atoms with Gasteiger partial charge in [0.25, 0.3) is 5.91 Å². The van der Waals surface area contributed by atoms with E-state index in [0.29, 0.717) is 0 Å². The van der Waals surface area contributed by atoms with Crippen LogP contribution in [0.3, 0.4) is 0 Å². The van der Waals surface area contributed by atoms with Crippen LogP contribution in [-0.2, 0) is 11.8 Å². The number of carbonyl (C=O) groups is 3. The number of hydrogen-bond acceptors (Lipinski definition) is 5. The number of aryl methyl sites for hydroxylation is 1. The first-order valence-corrected chi connectivity index (χ1v) is 6.21. The Kier molecular flexibility index (Phi) is 3.93. The van der Waals surface area contributed by atoms with Crippen molar-refractivity contribution in [1.82, 2.24) is 19.6 Å². The van der Waals surface area contributed by atoms with Gasteiger partial charge in [0.2, 0.25) is 5.91 Å². The SMILES string of the molecule is CC(C(=O)Nc1cnn(C)c1C(N)=O)n1cc(C(=O)O)cn1. The number of carboxylic acid groups (broad SMARTS) is 1. The molecule has 0 aliphatic rings. The van der Waals surface area contributed by atoms with Crippen molar-refractivity contribution in [3.8, 4) is 0 Å². The summed E-state index contributed by atoms with van der Waals surface area (Å²) in [6, 6.07) is -0.783. The zero-order chi connectivity index (χ0) is 16.4. The van der Waals surface area contributed by atoms with Gasteiger partial charge in [-0.25, -0.2) is 4.79 Å². The molecule has 4 N–H and O–H groups in total. The smallest absolute Gasteiger partial charge is 0.338 e. The van der Waals surface area contributed by atoms with Gasteiger partial charge in [0.1, 0.15) is 11.7 Å². The van der Waals surface area contributed by atoms with Gasteiger partial charge in [-0.1, -0.05) is 0 Å². The first-order valence-electron chi connectivity index (χ1n) is 6.21. The number of nitrogens with one attached hydrogen (secondary N) is 1. The van der Waals surface area contributed by atoms with Crippen LogP contribution < -0.4 is 11.1 Å². The van der Waals surface area contributed by atoms with E-state index in [9.17, 15) is 14.4 Å². The maximum Gasteiger partial charge on any atom is 0.338 e. The van der Waals surface area contributed by atoms with Crippen molar-refractivity contribution in [2.24, 2.45) is 12.8 Å². The molecule has 10 nitrogen and oxygen atoms in total. The molecule has 2 aromatic rings. The molecule has 10 heteroatoms. The van der Waals surface area contributed by atoms with Crippen LogP contribution in [0.1, 0.15) is 33.8 Å². The third-order valence-corrected chi connectivity index (χ3v) is 3.05. The Bertz CT molecular complexity index is 747. The topological polar surface area (TPSA) is 145 Å². The Morgan fingerprint density at radius 3 is 2.55 bits per heavy atom. The van der Waals surface area contributed by atoms with Gasteiger partial charge in [-0.05, 0) is 6.92 Å². The van der Waals surface area contributed by atoms with Crippen LogP contribution in [-0.4, -0.2) is 42.5 Å². The number of carboxylic acids is 1. The highest BCUT2D eigenvalue weighted by Gasteiger charge is 2.21. The average Bonchev–Trinajstić information content (AvgIpc) is 3.05. The fraction of sp³-hybridized carbons (Fsp3) is 0.250. The third kappa shape index (κ3) is 2.80. The zero-order valence-corrected chi connectivity index (χ0v) is 11.8. The van der Waals surface area contributed by atoms with Crippen LogP contribution in [0.5, 0.6) is 0 Å². The molecule has 0 radical (unpaired) electrons. The number of rotatable bonds is 5. The zero-order valence-electron chi connectivity index (χ0n) is 11.8. The second-order valence-corrected chi connectivity index (χ2v) is 4.57. The summed E-state index contributed by atoms with van der Waals surface area (Å²) < 4.78 is 2.46. The molecule has 2 heterocycles. The molecule has 0 aromatic carbocycles. The highest BCUT2D eigenvalue weighted by Crippen LogP contribution is 2.16. The van der Waals surface area contributed by atoms with Crippen molar-refractivity contribution in [1.29, 1.82) is 0 Å². The Balaban J connectivity index is 2.18. The molecule has 0 aliphatic heterocycles. The molecule has 0 spiro atoms. The van der Waals surface area contributed by atoms with E-state index in [1.807, 2.05) is 0 Å². The molecule has 22 heavy (non-hydrogen) atoms. The lowest BCUT2D eigenvalue weighted by Gasteiger charge is -2.12. The van der Waals surface area contributed by atoms with E-state index < -0.39 is 23.8 Å². The molecule has 1 unspecified atom stereocenters. The van der Waals surface area contributed by atoms with Crippen LogP contribution in [0.4, 0.5) is 5.69 Å². The fourth-order valence-electron chi connectivity index (χ4n) is 1.84. The summed E-state index contributed by atoms with van der Waals surface area (Å²) in [5.74, 6) is -2.35.